The van der Waals surface area contributed by atoms with Crippen molar-refractivity contribution in [2.24, 2.45) is 7.05 Å². The van der Waals surface area contributed by atoms with E-state index in [0.717, 1.165) is 0 Å². The van der Waals surface area contributed by atoms with Crippen LogP contribution in [0.1, 0.15) is 10.4 Å². The number of hydrogen-bond donors (Lipinski definition) is 0. The summed E-state index contributed by atoms with van der Waals surface area (Å²) in [4.78, 5) is 14.7. The minimum absolute atomic E-state index is 0.0749. The summed E-state index contributed by atoms with van der Waals surface area (Å²) < 4.78 is 15.6. The second-order valence-electron chi connectivity index (χ2n) is 3.21. The summed E-state index contributed by atoms with van der Waals surface area (Å²) in [5, 5.41) is 4.01. The molecule has 82 valence electrons. The molecule has 4 nitrogen and oxygen atoms in total. The molecule has 6 heteroatoms. The standard InChI is InChI=1S/C10H7BrFN3O/c1-15-4-6(5-16)9(14-15)10-8(12)2-7(11)3-13-10/h2-5H,1H3. The quantitative estimate of drug-likeness (QED) is 0.794. The van der Waals surface area contributed by atoms with E-state index in [-0.39, 0.29) is 11.4 Å². The molecule has 0 fully saturated rings. The van der Waals surface area contributed by atoms with Gasteiger partial charge in [-0.15, -0.1) is 0 Å². The molecule has 2 heterocycles. The summed E-state index contributed by atoms with van der Waals surface area (Å²) in [6.45, 7) is 0. The minimum Gasteiger partial charge on any atom is -0.298 e. The monoisotopic (exact) mass is 283 g/mol. The SMILES string of the molecule is Cn1cc(C=O)c(-c2ncc(Br)cc2F)n1. The third-order valence-corrected chi connectivity index (χ3v) is 2.45. The molecule has 0 radical (unpaired) electrons. The molecule has 0 bridgehead atoms. The van der Waals surface area contributed by atoms with Crippen LogP contribution in [0.15, 0.2) is 22.9 Å². The Labute approximate surface area is 99.2 Å². The molecule has 0 spiro atoms. The number of aromatic nitrogens is 3. The largest absolute Gasteiger partial charge is 0.298 e. The molecule has 2 aromatic heterocycles. The molecule has 2 rings (SSSR count). The Morgan fingerprint density at radius 3 is 2.88 bits per heavy atom. The first-order chi connectivity index (χ1) is 7.61. The molecule has 0 amide bonds. The highest BCUT2D eigenvalue weighted by Gasteiger charge is 2.15. The Balaban J connectivity index is 2.62. The Morgan fingerprint density at radius 1 is 1.50 bits per heavy atom. The Hall–Kier alpha value is -1.56. The molecular weight excluding hydrogens is 277 g/mol. The number of aldehydes is 1. The Kier molecular flexibility index (Phi) is 2.82. The van der Waals surface area contributed by atoms with Gasteiger partial charge in [-0.1, -0.05) is 0 Å². The average molecular weight is 284 g/mol. The van der Waals surface area contributed by atoms with Crippen molar-refractivity contribution in [2.75, 3.05) is 0 Å². The lowest BCUT2D eigenvalue weighted by atomic mass is 10.2. The van der Waals surface area contributed by atoms with Crippen molar-refractivity contribution >= 4 is 22.2 Å². The molecule has 16 heavy (non-hydrogen) atoms. The lowest BCUT2D eigenvalue weighted by molar-refractivity contribution is 0.112. The third-order valence-electron chi connectivity index (χ3n) is 2.02. The molecule has 0 aromatic carbocycles. The zero-order valence-electron chi connectivity index (χ0n) is 8.32. The van der Waals surface area contributed by atoms with Gasteiger partial charge in [-0.25, -0.2) is 4.39 Å². The molecule has 0 aliphatic heterocycles. The zero-order valence-corrected chi connectivity index (χ0v) is 9.90. The van der Waals surface area contributed by atoms with Crippen LogP contribution in [0, 0.1) is 5.82 Å². The number of halogens is 2. The smallest absolute Gasteiger partial charge is 0.153 e. The molecular formula is C10H7BrFN3O. The van der Waals surface area contributed by atoms with E-state index in [1.165, 1.54) is 23.1 Å². The first-order valence-electron chi connectivity index (χ1n) is 4.42. The van der Waals surface area contributed by atoms with Crippen molar-refractivity contribution in [3.63, 3.8) is 0 Å². The summed E-state index contributed by atoms with van der Waals surface area (Å²) in [6.07, 6.45) is 3.61. The van der Waals surface area contributed by atoms with Crippen LogP contribution in [0.3, 0.4) is 0 Å². The predicted molar refractivity (Wildman–Crippen MR) is 59.5 cm³/mol. The highest BCUT2D eigenvalue weighted by Crippen LogP contribution is 2.23. The van der Waals surface area contributed by atoms with Gasteiger partial charge in [0, 0.05) is 23.9 Å². The fourth-order valence-electron chi connectivity index (χ4n) is 1.37. The predicted octanol–water partition coefficient (Wildman–Crippen LogP) is 2.20. The maximum atomic E-state index is 13.6. The van der Waals surface area contributed by atoms with Gasteiger partial charge in [-0.05, 0) is 22.0 Å². The maximum Gasteiger partial charge on any atom is 0.153 e. The van der Waals surface area contributed by atoms with Gasteiger partial charge in [-0.3, -0.25) is 14.5 Å². The summed E-state index contributed by atoms with van der Waals surface area (Å²) in [6, 6.07) is 1.28. The molecule has 0 unspecified atom stereocenters. The van der Waals surface area contributed by atoms with Gasteiger partial charge in [0.15, 0.2) is 12.1 Å². The highest BCUT2D eigenvalue weighted by atomic mass is 79.9. The number of carbonyl (C=O) groups excluding carboxylic acids is 1. The van der Waals surface area contributed by atoms with E-state index in [1.54, 1.807) is 7.05 Å². The number of hydrogen-bond acceptors (Lipinski definition) is 3. The van der Waals surface area contributed by atoms with Crippen molar-refractivity contribution in [1.82, 2.24) is 14.8 Å². The van der Waals surface area contributed by atoms with Gasteiger partial charge in [0.05, 0.1) is 5.56 Å². The summed E-state index contributed by atoms with van der Waals surface area (Å²) in [5.74, 6) is -0.517. The third kappa shape index (κ3) is 1.88. The van der Waals surface area contributed by atoms with Crippen molar-refractivity contribution < 1.29 is 9.18 Å². The highest BCUT2D eigenvalue weighted by molar-refractivity contribution is 9.10. The Bertz CT molecular complexity index is 553. The van der Waals surface area contributed by atoms with E-state index < -0.39 is 5.82 Å². The van der Waals surface area contributed by atoms with Crippen molar-refractivity contribution in [1.29, 1.82) is 0 Å². The van der Waals surface area contributed by atoms with Gasteiger partial charge in [-0.2, -0.15) is 5.10 Å². The van der Waals surface area contributed by atoms with Gasteiger partial charge < -0.3 is 0 Å². The number of aryl methyl sites for hydroxylation is 1. The van der Waals surface area contributed by atoms with Crippen LogP contribution < -0.4 is 0 Å². The van der Waals surface area contributed by atoms with E-state index in [9.17, 15) is 9.18 Å². The number of pyridine rings is 1. The van der Waals surface area contributed by atoms with Crippen molar-refractivity contribution in [2.45, 2.75) is 0 Å². The normalized spacial score (nSPS) is 10.4. The fourth-order valence-corrected chi connectivity index (χ4v) is 1.67. The average Bonchev–Trinajstić information content (AvgIpc) is 2.59. The molecule has 0 atom stereocenters. The van der Waals surface area contributed by atoms with Gasteiger partial charge in [0.25, 0.3) is 0 Å². The topological polar surface area (TPSA) is 47.8 Å². The molecule has 0 saturated heterocycles. The van der Waals surface area contributed by atoms with E-state index in [1.807, 2.05) is 0 Å². The molecule has 0 aliphatic rings. The number of rotatable bonds is 2. The number of nitrogens with zero attached hydrogens (tertiary/aromatic N) is 3. The number of carbonyl (C=O) groups is 1. The van der Waals surface area contributed by atoms with Gasteiger partial charge >= 0.3 is 0 Å². The van der Waals surface area contributed by atoms with Crippen molar-refractivity contribution in [3.05, 3.63) is 34.3 Å². The van der Waals surface area contributed by atoms with Crippen LogP contribution in [0.5, 0.6) is 0 Å². The van der Waals surface area contributed by atoms with E-state index >= 15 is 0 Å². The van der Waals surface area contributed by atoms with Crippen LogP contribution in [-0.2, 0) is 7.05 Å². The molecule has 2 aromatic rings. The van der Waals surface area contributed by atoms with E-state index in [2.05, 4.69) is 26.0 Å². The molecule has 0 saturated carbocycles. The van der Waals surface area contributed by atoms with Gasteiger partial charge in [0.1, 0.15) is 11.4 Å². The van der Waals surface area contributed by atoms with Crippen LogP contribution >= 0.6 is 15.9 Å². The van der Waals surface area contributed by atoms with Crippen molar-refractivity contribution in [3.8, 4) is 11.4 Å². The first kappa shape index (κ1) is 10.9. The Morgan fingerprint density at radius 2 is 2.25 bits per heavy atom. The summed E-state index contributed by atoms with van der Waals surface area (Å²) >= 11 is 3.11. The molecule has 0 aliphatic carbocycles. The van der Waals surface area contributed by atoms with Gasteiger partial charge in [0.2, 0.25) is 0 Å². The lowest BCUT2D eigenvalue weighted by Crippen LogP contribution is -1.94. The van der Waals surface area contributed by atoms with E-state index in [4.69, 9.17) is 0 Å². The maximum absolute atomic E-state index is 13.6. The van der Waals surface area contributed by atoms with E-state index in [0.29, 0.717) is 16.3 Å². The second kappa shape index (κ2) is 4.13. The zero-order chi connectivity index (χ0) is 11.7. The van der Waals surface area contributed by atoms with Crippen LogP contribution in [-0.4, -0.2) is 21.1 Å². The van der Waals surface area contributed by atoms with Crippen LogP contribution in [0.25, 0.3) is 11.4 Å². The second-order valence-corrected chi connectivity index (χ2v) is 4.12. The van der Waals surface area contributed by atoms with Crippen LogP contribution in [0.4, 0.5) is 4.39 Å². The summed E-state index contributed by atoms with van der Waals surface area (Å²) in [5.41, 5.74) is 0.643. The molecule has 0 N–H and O–H groups in total. The fraction of sp³-hybridized carbons (Fsp3) is 0.100. The lowest BCUT2D eigenvalue weighted by Gasteiger charge is -1.99. The summed E-state index contributed by atoms with van der Waals surface area (Å²) in [7, 11) is 1.66. The first-order valence-corrected chi connectivity index (χ1v) is 5.21. The minimum atomic E-state index is -0.517. The van der Waals surface area contributed by atoms with Crippen LogP contribution in [0.2, 0.25) is 0 Å².